The molecule has 1 aromatic carbocycles. The monoisotopic (exact) mass is 417 g/mol. The summed E-state index contributed by atoms with van der Waals surface area (Å²) < 4.78 is 5.30. The van der Waals surface area contributed by atoms with E-state index in [1.807, 2.05) is 54.6 Å². The van der Waals surface area contributed by atoms with Crippen LogP contribution in [0.5, 0.6) is 5.75 Å². The summed E-state index contributed by atoms with van der Waals surface area (Å²) in [5, 5.41) is 6.21. The molecule has 3 aromatic rings. The van der Waals surface area contributed by atoms with E-state index in [4.69, 9.17) is 9.72 Å². The number of hydrogen-bond acceptors (Lipinski definition) is 6. The molecule has 1 amide bonds. The van der Waals surface area contributed by atoms with Gasteiger partial charge in [-0.3, -0.25) is 9.69 Å². The number of nitrogens with zero attached hydrogens (tertiary/aromatic N) is 3. The minimum absolute atomic E-state index is 0.0253. The van der Waals surface area contributed by atoms with Crippen LogP contribution < -0.4 is 15.4 Å². The fourth-order valence-corrected chi connectivity index (χ4v) is 3.84. The molecular weight excluding hydrogens is 390 g/mol. The second-order valence-corrected chi connectivity index (χ2v) is 7.59. The maximum atomic E-state index is 12.5. The van der Waals surface area contributed by atoms with Crippen LogP contribution >= 0.6 is 0 Å². The van der Waals surface area contributed by atoms with Crippen LogP contribution in [0.2, 0.25) is 0 Å². The summed E-state index contributed by atoms with van der Waals surface area (Å²) in [6.45, 7) is 2.10. The Morgan fingerprint density at radius 1 is 1.03 bits per heavy atom. The van der Waals surface area contributed by atoms with Crippen molar-refractivity contribution in [3.05, 3.63) is 72.6 Å². The smallest absolute Gasteiger partial charge is 0.238 e. The van der Waals surface area contributed by atoms with Gasteiger partial charge in [0, 0.05) is 17.8 Å². The van der Waals surface area contributed by atoms with Gasteiger partial charge in [-0.15, -0.1) is 0 Å². The number of piperidine rings is 1. The molecule has 0 atom stereocenters. The highest BCUT2D eigenvalue weighted by Crippen LogP contribution is 2.28. The molecule has 31 heavy (non-hydrogen) atoms. The Balaban J connectivity index is 1.29. The van der Waals surface area contributed by atoms with Crippen molar-refractivity contribution in [3.63, 3.8) is 0 Å². The lowest BCUT2D eigenvalue weighted by Crippen LogP contribution is -2.38. The van der Waals surface area contributed by atoms with Gasteiger partial charge in [0.25, 0.3) is 0 Å². The molecule has 7 nitrogen and oxygen atoms in total. The normalized spacial score (nSPS) is 14.7. The molecule has 3 heterocycles. The number of aromatic nitrogens is 2. The maximum Gasteiger partial charge on any atom is 0.238 e. The molecule has 1 aliphatic heterocycles. The van der Waals surface area contributed by atoms with Crippen LogP contribution in [-0.2, 0) is 4.79 Å². The van der Waals surface area contributed by atoms with E-state index in [9.17, 15) is 4.79 Å². The van der Waals surface area contributed by atoms with Gasteiger partial charge < -0.3 is 15.4 Å². The Morgan fingerprint density at radius 3 is 2.58 bits per heavy atom. The Bertz CT molecular complexity index is 1000. The molecule has 1 saturated heterocycles. The van der Waals surface area contributed by atoms with E-state index in [0.717, 1.165) is 43.3 Å². The van der Waals surface area contributed by atoms with E-state index in [1.165, 1.54) is 0 Å². The lowest BCUT2D eigenvalue weighted by molar-refractivity contribution is -0.117. The first-order chi connectivity index (χ1) is 15.2. The van der Waals surface area contributed by atoms with Crippen LogP contribution in [0.3, 0.4) is 0 Å². The van der Waals surface area contributed by atoms with Gasteiger partial charge in [-0.1, -0.05) is 24.3 Å². The van der Waals surface area contributed by atoms with Gasteiger partial charge in [0.2, 0.25) is 5.91 Å². The number of nitrogens with one attached hydrogen (secondary N) is 2. The summed E-state index contributed by atoms with van der Waals surface area (Å²) in [5.41, 5.74) is 1.78. The third-order valence-corrected chi connectivity index (χ3v) is 5.45. The quantitative estimate of drug-likeness (QED) is 0.604. The van der Waals surface area contributed by atoms with Gasteiger partial charge in [-0.05, 0) is 62.3 Å². The lowest BCUT2D eigenvalue weighted by Gasteiger charge is -2.31. The fraction of sp³-hybridized carbons (Fsp3) is 0.292. The molecule has 4 rings (SSSR count). The number of rotatable bonds is 7. The molecule has 2 aromatic heterocycles. The predicted octanol–water partition coefficient (Wildman–Crippen LogP) is 4.05. The average Bonchev–Trinajstić information content (AvgIpc) is 2.81. The molecular formula is C24H27N5O2. The SMILES string of the molecule is COc1ccccc1NC(=O)CN1CCC(c2cccc(Nc3ccccn3)n2)CC1. The molecule has 7 heteroatoms. The summed E-state index contributed by atoms with van der Waals surface area (Å²) >= 11 is 0. The van der Waals surface area contributed by atoms with E-state index in [0.29, 0.717) is 23.9 Å². The van der Waals surface area contributed by atoms with Crippen LogP contribution in [0.25, 0.3) is 0 Å². The number of ether oxygens (including phenoxy) is 1. The zero-order valence-corrected chi connectivity index (χ0v) is 17.6. The van der Waals surface area contributed by atoms with Crippen LogP contribution in [0.4, 0.5) is 17.3 Å². The summed E-state index contributed by atoms with van der Waals surface area (Å²) in [6.07, 6.45) is 3.70. The van der Waals surface area contributed by atoms with Gasteiger partial charge in [0.05, 0.1) is 19.3 Å². The maximum absolute atomic E-state index is 12.5. The Labute approximate surface area is 182 Å². The number of likely N-dealkylation sites (tertiary alicyclic amines) is 1. The molecule has 0 radical (unpaired) electrons. The van der Waals surface area contributed by atoms with Crippen LogP contribution in [0, 0.1) is 0 Å². The number of benzene rings is 1. The van der Waals surface area contributed by atoms with Crippen LogP contribution in [-0.4, -0.2) is 47.5 Å². The highest BCUT2D eigenvalue weighted by molar-refractivity contribution is 5.93. The number of amides is 1. The number of methoxy groups -OCH3 is 1. The van der Waals surface area contributed by atoms with Crippen LogP contribution in [0.1, 0.15) is 24.5 Å². The second kappa shape index (κ2) is 10.0. The third kappa shape index (κ3) is 5.58. The van der Waals surface area contributed by atoms with Crippen molar-refractivity contribution in [2.45, 2.75) is 18.8 Å². The Morgan fingerprint density at radius 2 is 1.81 bits per heavy atom. The van der Waals surface area contributed by atoms with Crippen molar-refractivity contribution in [1.29, 1.82) is 0 Å². The van der Waals surface area contributed by atoms with E-state index >= 15 is 0 Å². The van der Waals surface area contributed by atoms with Crippen molar-refractivity contribution < 1.29 is 9.53 Å². The van der Waals surface area contributed by atoms with Crippen molar-refractivity contribution in [2.24, 2.45) is 0 Å². The molecule has 0 saturated carbocycles. The van der Waals surface area contributed by atoms with E-state index in [1.54, 1.807) is 13.3 Å². The Kier molecular flexibility index (Phi) is 6.74. The minimum Gasteiger partial charge on any atom is -0.495 e. The fourth-order valence-electron chi connectivity index (χ4n) is 3.84. The third-order valence-electron chi connectivity index (χ3n) is 5.45. The molecule has 2 N–H and O–H groups in total. The predicted molar refractivity (Wildman–Crippen MR) is 122 cm³/mol. The molecule has 0 spiro atoms. The number of anilines is 3. The second-order valence-electron chi connectivity index (χ2n) is 7.59. The van der Waals surface area contributed by atoms with Crippen molar-refractivity contribution >= 4 is 23.2 Å². The van der Waals surface area contributed by atoms with Gasteiger partial charge in [0.15, 0.2) is 0 Å². The van der Waals surface area contributed by atoms with E-state index in [2.05, 4.69) is 26.6 Å². The number of carbonyl (C=O) groups is 1. The summed E-state index contributed by atoms with van der Waals surface area (Å²) in [7, 11) is 1.60. The minimum atomic E-state index is -0.0253. The van der Waals surface area contributed by atoms with Crippen molar-refractivity contribution in [3.8, 4) is 5.75 Å². The summed E-state index contributed by atoms with van der Waals surface area (Å²) in [4.78, 5) is 23.8. The Hall–Kier alpha value is -3.45. The van der Waals surface area contributed by atoms with Crippen molar-refractivity contribution in [1.82, 2.24) is 14.9 Å². The molecule has 0 aliphatic carbocycles. The standard InChI is InChI=1S/C24H27N5O2/c1-31-21-9-3-2-7-20(21)27-24(30)17-29-15-12-18(13-16-29)19-8-6-11-23(26-19)28-22-10-4-5-14-25-22/h2-11,14,18H,12-13,15-17H2,1H3,(H,27,30)(H,25,26,28). The summed E-state index contributed by atoms with van der Waals surface area (Å²) in [5.74, 6) is 2.61. The van der Waals surface area contributed by atoms with Crippen LogP contribution in [0.15, 0.2) is 66.9 Å². The van der Waals surface area contributed by atoms with Crippen molar-refractivity contribution in [2.75, 3.05) is 37.4 Å². The molecule has 1 fully saturated rings. The molecule has 160 valence electrons. The zero-order valence-electron chi connectivity index (χ0n) is 17.6. The highest BCUT2D eigenvalue weighted by Gasteiger charge is 2.23. The topological polar surface area (TPSA) is 79.4 Å². The van der Waals surface area contributed by atoms with Gasteiger partial charge >= 0.3 is 0 Å². The number of para-hydroxylation sites is 2. The first-order valence-corrected chi connectivity index (χ1v) is 10.5. The van der Waals surface area contributed by atoms with E-state index in [-0.39, 0.29) is 5.91 Å². The van der Waals surface area contributed by atoms with E-state index < -0.39 is 0 Å². The average molecular weight is 418 g/mol. The largest absolute Gasteiger partial charge is 0.495 e. The molecule has 0 unspecified atom stereocenters. The van der Waals surface area contributed by atoms with Gasteiger partial charge in [-0.25, -0.2) is 9.97 Å². The number of hydrogen-bond donors (Lipinski definition) is 2. The molecule has 0 bridgehead atoms. The number of carbonyl (C=O) groups excluding carboxylic acids is 1. The first kappa shape index (κ1) is 20.8. The summed E-state index contributed by atoms with van der Waals surface area (Å²) in [6, 6.07) is 19.3. The molecule has 1 aliphatic rings. The first-order valence-electron chi connectivity index (χ1n) is 10.5. The highest BCUT2D eigenvalue weighted by atomic mass is 16.5. The number of pyridine rings is 2. The lowest BCUT2D eigenvalue weighted by atomic mass is 9.93. The van der Waals surface area contributed by atoms with Gasteiger partial charge in [0.1, 0.15) is 17.4 Å². The van der Waals surface area contributed by atoms with Gasteiger partial charge in [-0.2, -0.15) is 0 Å². The zero-order chi connectivity index (χ0) is 21.5.